The Morgan fingerprint density at radius 2 is 1.81 bits per heavy atom. The van der Waals surface area contributed by atoms with Crippen LogP contribution in [-0.2, 0) is 11.3 Å². The van der Waals surface area contributed by atoms with Crippen molar-refractivity contribution in [2.45, 2.75) is 18.9 Å². The molecule has 134 valence electrons. The highest BCUT2D eigenvalue weighted by atomic mass is 16.2. The Hall–Kier alpha value is -2.89. The fourth-order valence-electron chi connectivity index (χ4n) is 4.06. The maximum Gasteiger partial charge on any atom is 0.251 e. The molecule has 4 rings (SSSR count). The molecule has 2 unspecified atom stereocenters. The van der Waals surface area contributed by atoms with E-state index in [2.05, 4.69) is 5.32 Å². The number of fused-ring (bicyclic) bond motifs is 4. The molecule has 0 spiro atoms. The molecule has 3 heterocycles. The summed E-state index contributed by atoms with van der Waals surface area (Å²) < 4.78 is 1.85. The number of rotatable bonds is 3. The molecule has 0 saturated carbocycles. The number of benzene rings is 1. The van der Waals surface area contributed by atoms with Crippen molar-refractivity contribution in [1.82, 2.24) is 14.8 Å². The summed E-state index contributed by atoms with van der Waals surface area (Å²) in [6.45, 7) is 1.89. The van der Waals surface area contributed by atoms with Crippen molar-refractivity contribution in [3.05, 3.63) is 70.1 Å². The summed E-state index contributed by atoms with van der Waals surface area (Å²) in [4.78, 5) is 38.6. The SMILES string of the molecule is O=C(NCC(=O)N1CC2CC(C1)c1cccc(=O)n1C2)c1ccccc1. The van der Waals surface area contributed by atoms with Crippen LogP contribution in [0.2, 0.25) is 0 Å². The standard InChI is InChI=1S/C20H21N3O3/c24-18-8-4-7-17-16-9-14(12-23(17)18)11-22(13-16)19(25)10-21-20(26)15-5-2-1-3-6-15/h1-8,14,16H,9-13H2,(H,21,26). The number of piperidine rings is 1. The third-order valence-corrected chi connectivity index (χ3v) is 5.27. The van der Waals surface area contributed by atoms with Crippen molar-refractivity contribution in [2.75, 3.05) is 19.6 Å². The van der Waals surface area contributed by atoms with Crippen LogP contribution < -0.4 is 10.9 Å². The highest BCUT2D eigenvalue weighted by molar-refractivity contribution is 5.96. The average molecular weight is 351 g/mol. The van der Waals surface area contributed by atoms with Gasteiger partial charge in [-0.05, 0) is 30.5 Å². The first-order valence-electron chi connectivity index (χ1n) is 8.92. The van der Waals surface area contributed by atoms with Crippen molar-refractivity contribution >= 4 is 11.8 Å². The number of hydrogen-bond acceptors (Lipinski definition) is 3. The molecule has 1 saturated heterocycles. The second-order valence-corrected chi connectivity index (χ2v) is 7.05. The molecule has 2 aromatic rings. The van der Waals surface area contributed by atoms with E-state index < -0.39 is 0 Å². The lowest BCUT2D eigenvalue weighted by atomic mass is 9.83. The van der Waals surface area contributed by atoms with E-state index in [1.807, 2.05) is 21.6 Å². The van der Waals surface area contributed by atoms with Gasteiger partial charge < -0.3 is 14.8 Å². The van der Waals surface area contributed by atoms with Crippen LogP contribution in [0.3, 0.4) is 0 Å². The summed E-state index contributed by atoms with van der Waals surface area (Å²) >= 11 is 0. The van der Waals surface area contributed by atoms with Crippen molar-refractivity contribution in [3.8, 4) is 0 Å². The summed E-state index contributed by atoms with van der Waals surface area (Å²) in [5, 5.41) is 2.70. The van der Waals surface area contributed by atoms with Gasteiger partial charge in [0, 0.05) is 42.9 Å². The Morgan fingerprint density at radius 3 is 2.62 bits per heavy atom. The molecular weight excluding hydrogens is 330 g/mol. The van der Waals surface area contributed by atoms with Gasteiger partial charge in [-0.15, -0.1) is 0 Å². The molecule has 1 aromatic carbocycles. The minimum atomic E-state index is -0.243. The highest BCUT2D eigenvalue weighted by Crippen LogP contribution is 2.34. The molecule has 2 aliphatic heterocycles. The van der Waals surface area contributed by atoms with Crippen LogP contribution >= 0.6 is 0 Å². The van der Waals surface area contributed by atoms with Gasteiger partial charge >= 0.3 is 0 Å². The topological polar surface area (TPSA) is 71.4 Å². The number of aromatic nitrogens is 1. The number of likely N-dealkylation sites (tertiary alicyclic amines) is 1. The molecule has 1 fully saturated rings. The van der Waals surface area contributed by atoms with Crippen LogP contribution in [0, 0.1) is 5.92 Å². The minimum Gasteiger partial charge on any atom is -0.343 e. The van der Waals surface area contributed by atoms with Gasteiger partial charge in [0.2, 0.25) is 5.91 Å². The molecule has 2 amide bonds. The summed E-state index contributed by atoms with van der Waals surface area (Å²) in [6, 6.07) is 14.2. The number of carbonyl (C=O) groups excluding carboxylic acids is 2. The predicted octanol–water partition coefficient (Wildman–Crippen LogP) is 1.22. The Morgan fingerprint density at radius 1 is 1.00 bits per heavy atom. The molecule has 6 heteroatoms. The Bertz CT molecular complexity index is 891. The van der Waals surface area contributed by atoms with Crippen LogP contribution in [0.5, 0.6) is 0 Å². The quantitative estimate of drug-likeness (QED) is 0.904. The zero-order valence-electron chi connectivity index (χ0n) is 14.4. The van der Waals surface area contributed by atoms with Crippen LogP contribution in [0.4, 0.5) is 0 Å². The van der Waals surface area contributed by atoms with Gasteiger partial charge in [-0.25, -0.2) is 0 Å². The second-order valence-electron chi connectivity index (χ2n) is 7.05. The molecule has 2 aliphatic rings. The molecule has 0 aliphatic carbocycles. The van der Waals surface area contributed by atoms with Gasteiger partial charge in [0.15, 0.2) is 0 Å². The van der Waals surface area contributed by atoms with E-state index >= 15 is 0 Å². The van der Waals surface area contributed by atoms with E-state index in [1.54, 1.807) is 36.4 Å². The van der Waals surface area contributed by atoms with Gasteiger partial charge in [0.1, 0.15) is 0 Å². The smallest absolute Gasteiger partial charge is 0.251 e. The Kier molecular flexibility index (Phi) is 4.32. The van der Waals surface area contributed by atoms with Crippen LogP contribution in [0.15, 0.2) is 53.3 Å². The van der Waals surface area contributed by atoms with E-state index in [-0.39, 0.29) is 35.8 Å². The number of hydrogen-bond donors (Lipinski definition) is 1. The van der Waals surface area contributed by atoms with Gasteiger partial charge in [-0.3, -0.25) is 14.4 Å². The third kappa shape index (κ3) is 3.14. The number of carbonyl (C=O) groups is 2. The van der Waals surface area contributed by atoms with Crippen molar-refractivity contribution in [1.29, 1.82) is 0 Å². The second kappa shape index (κ2) is 6.78. The first kappa shape index (κ1) is 16.6. The summed E-state index contributed by atoms with van der Waals surface area (Å²) in [5.41, 5.74) is 1.59. The fraction of sp³-hybridized carbons (Fsp3) is 0.350. The monoisotopic (exact) mass is 351 g/mol. The normalized spacial score (nSPS) is 21.0. The zero-order chi connectivity index (χ0) is 18.1. The van der Waals surface area contributed by atoms with Crippen molar-refractivity contribution in [3.63, 3.8) is 0 Å². The van der Waals surface area contributed by atoms with Gasteiger partial charge in [0.05, 0.1) is 6.54 Å². The van der Waals surface area contributed by atoms with Crippen LogP contribution in [-0.4, -0.2) is 40.9 Å². The van der Waals surface area contributed by atoms with Gasteiger partial charge in [0.25, 0.3) is 11.5 Å². The number of nitrogens with zero attached hydrogens (tertiary/aromatic N) is 2. The summed E-state index contributed by atoms with van der Waals surface area (Å²) in [7, 11) is 0. The highest BCUT2D eigenvalue weighted by Gasteiger charge is 2.36. The van der Waals surface area contributed by atoms with Gasteiger partial charge in [-0.1, -0.05) is 24.3 Å². The first-order chi connectivity index (χ1) is 12.6. The number of nitrogens with one attached hydrogen (secondary N) is 1. The minimum absolute atomic E-state index is 0.00520. The van der Waals surface area contributed by atoms with Crippen molar-refractivity contribution in [2.24, 2.45) is 5.92 Å². The predicted molar refractivity (Wildman–Crippen MR) is 96.9 cm³/mol. The molecule has 1 aromatic heterocycles. The summed E-state index contributed by atoms with van der Waals surface area (Å²) in [6.07, 6.45) is 1.00. The lowest BCUT2D eigenvalue weighted by Gasteiger charge is -2.42. The van der Waals surface area contributed by atoms with E-state index in [0.717, 1.165) is 12.1 Å². The van der Waals surface area contributed by atoms with Crippen molar-refractivity contribution < 1.29 is 9.59 Å². The maximum atomic E-state index is 12.6. The average Bonchev–Trinajstić information content (AvgIpc) is 2.67. The number of pyridine rings is 1. The Labute approximate surface area is 151 Å². The lowest BCUT2D eigenvalue weighted by molar-refractivity contribution is -0.132. The molecule has 26 heavy (non-hydrogen) atoms. The molecule has 1 N–H and O–H groups in total. The van der Waals surface area contributed by atoms with Crippen LogP contribution in [0.25, 0.3) is 0 Å². The molecule has 2 bridgehead atoms. The third-order valence-electron chi connectivity index (χ3n) is 5.27. The summed E-state index contributed by atoms with van der Waals surface area (Å²) in [5.74, 6) is 0.157. The molecule has 2 atom stereocenters. The largest absolute Gasteiger partial charge is 0.343 e. The fourth-order valence-corrected chi connectivity index (χ4v) is 4.06. The van der Waals surface area contributed by atoms with E-state index in [0.29, 0.717) is 25.2 Å². The molecular formula is C20H21N3O3. The van der Waals surface area contributed by atoms with Gasteiger partial charge in [-0.2, -0.15) is 0 Å². The zero-order valence-corrected chi connectivity index (χ0v) is 14.4. The number of amides is 2. The Balaban J connectivity index is 1.41. The maximum absolute atomic E-state index is 12.6. The lowest BCUT2D eigenvalue weighted by Crippen LogP contribution is -2.51. The van der Waals surface area contributed by atoms with E-state index in [1.165, 1.54) is 0 Å². The first-order valence-corrected chi connectivity index (χ1v) is 8.92. The molecule has 6 nitrogen and oxygen atoms in total. The van der Waals surface area contributed by atoms with Crippen LogP contribution in [0.1, 0.15) is 28.4 Å². The van der Waals surface area contributed by atoms with E-state index in [4.69, 9.17) is 0 Å². The molecule has 0 radical (unpaired) electrons. The van der Waals surface area contributed by atoms with E-state index in [9.17, 15) is 14.4 Å².